The predicted octanol–water partition coefficient (Wildman–Crippen LogP) is -1.08. The summed E-state index contributed by atoms with van der Waals surface area (Å²) in [7, 11) is 0. The number of hydrogen-bond donors (Lipinski definition) is 2. The third kappa shape index (κ3) is 5.06. The van der Waals surface area contributed by atoms with Gasteiger partial charge in [0.1, 0.15) is 0 Å². The Morgan fingerprint density at radius 2 is 1.63 bits per heavy atom. The maximum atomic E-state index is 5.56. The Labute approximate surface area is 109 Å². The molecule has 1 atom stereocenters. The fourth-order valence-electron chi connectivity index (χ4n) is 1.39. The first kappa shape index (κ1) is 13.5. The van der Waals surface area contributed by atoms with Crippen LogP contribution in [0, 0.1) is 0 Å². The number of ether oxygens (including phenoxy) is 2. The summed E-state index contributed by atoms with van der Waals surface area (Å²) in [4.78, 5) is 0. The minimum Gasteiger partial charge on any atom is -0.378 e. The van der Waals surface area contributed by atoms with Crippen molar-refractivity contribution in [2.45, 2.75) is 25.9 Å². The number of rotatable bonds is 9. The van der Waals surface area contributed by atoms with E-state index in [2.05, 4.69) is 41.2 Å². The van der Waals surface area contributed by atoms with Crippen molar-refractivity contribution in [3.63, 3.8) is 0 Å². The molecule has 10 nitrogen and oxygen atoms in total. The second-order valence-corrected chi connectivity index (χ2v) is 3.91. The van der Waals surface area contributed by atoms with Crippen molar-refractivity contribution in [2.24, 2.45) is 0 Å². The van der Waals surface area contributed by atoms with Crippen molar-refractivity contribution in [3.05, 3.63) is 11.6 Å². The Kier molecular flexibility index (Phi) is 5.31. The Hall–Kier alpha value is -1.94. The molecule has 104 valence electrons. The summed E-state index contributed by atoms with van der Waals surface area (Å²) in [6.07, 6.45) is 1.27. The highest BCUT2D eigenvalue weighted by molar-refractivity contribution is 4.76. The quantitative estimate of drug-likeness (QED) is 0.550. The summed E-state index contributed by atoms with van der Waals surface area (Å²) in [6, 6.07) is 0. The van der Waals surface area contributed by atoms with Crippen LogP contribution in [-0.4, -0.2) is 67.2 Å². The highest BCUT2D eigenvalue weighted by Gasteiger charge is 2.05. The van der Waals surface area contributed by atoms with Gasteiger partial charge in [0.2, 0.25) is 0 Å². The smallest absolute Gasteiger partial charge is 0.176 e. The Bertz CT molecular complexity index is 431. The van der Waals surface area contributed by atoms with Crippen LogP contribution in [0.4, 0.5) is 0 Å². The van der Waals surface area contributed by atoms with Gasteiger partial charge < -0.3 is 9.47 Å². The molecular formula is C9H16N8O2. The number of nitrogens with one attached hydrogen (secondary N) is 2. The topological polar surface area (TPSA) is 127 Å². The second kappa shape index (κ2) is 7.48. The number of nitrogens with zero attached hydrogens (tertiary/aromatic N) is 6. The molecule has 0 saturated carbocycles. The van der Waals surface area contributed by atoms with Gasteiger partial charge in [0.05, 0.1) is 25.9 Å². The van der Waals surface area contributed by atoms with Gasteiger partial charge in [-0.3, -0.25) is 0 Å². The molecule has 0 spiro atoms. The SMILES string of the molecule is C[C@@H](COCCc1nn[nH]n1)OCCc1nn[nH]n1. The van der Waals surface area contributed by atoms with E-state index in [4.69, 9.17) is 9.47 Å². The van der Waals surface area contributed by atoms with Crippen LogP contribution < -0.4 is 0 Å². The predicted molar refractivity (Wildman–Crippen MR) is 62.0 cm³/mol. The van der Waals surface area contributed by atoms with Gasteiger partial charge in [-0.25, -0.2) is 0 Å². The van der Waals surface area contributed by atoms with Crippen LogP contribution in [0.3, 0.4) is 0 Å². The molecule has 0 fully saturated rings. The summed E-state index contributed by atoms with van der Waals surface area (Å²) < 4.78 is 11.0. The van der Waals surface area contributed by atoms with Crippen LogP contribution in [0.15, 0.2) is 0 Å². The average Bonchev–Trinajstić information content (AvgIpc) is 3.07. The number of H-pyrrole nitrogens is 2. The van der Waals surface area contributed by atoms with E-state index in [1.807, 2.05) is 6.92 Å². The Morgan fingerprint density at radius 1 is 1.00 bits per heavy atom. The zero-order chi connectivity index (χ0) is 13.3. The molecule has 2 aromatic heterocycles. The van der Waals surface area contributed by atoms with E-state index in [0.29, 0.717) is 44.3 Å². The van der Waals surface area contributed by atoms with Crippen molar-refractivity contribution in [1.29, 1.82) is 0 Å². The standard InChI is InChI=1S/C9H16N8O2/c1-7(19-5-3-9-12-16-17-13-9)6-18-4-2-8-10-14-15-11-8/h7H,2-6H2,1H3,(H,10,11,14,15)(H,12,13,16,17)/t7-/m0/s1. The first-order valence-electron chi connectivity index (χ1n) is 5.98. The molecule has 0 bridgehead atoms. The zero-order valence-corrected chi connectivity index (χ0v) is 10.6. The van der Waals surface area contributed by atoms with Gasteiger partial charge in [0, 0.05) is 12.8 Å². The summed E-state index contributed by atoms with van der Waals surface area (Å²) in [5.74, 6) is 1.29. The highest BCUT2D eigenvalue weighted by atomic mass is 16.5. The normalized spacial score (nSPS) is 12.7. The van der Waals surface area contributed by atoms with Crippen LogP contribution in [-0.2, 0) is 22.3 Å². The van der Waals surface area contributed by atoms with Gasteiger partial charge in [-0.2, -0.15) is 10.4 Å². The van der Waals surface area contributed by atoms with Crippen molar-refractivity contribution in [2.75, 3.05) is 19.8 Å². The van der Waals surface area contributed by atoms with Crippen LogP contribution in [0.5, 0.6) is 0 Å². The molecule has 2 aromatic rings. The van der Waals surface area contributed by atoms with E-state index in [9.17, 15) is 0 Å². The van der Waals surface area contributed by atoms with E-state index in [0.717, 1.165) is 0 Å². The van der Waals surface area contributed by atoms with Gasteiger partial charge in [0.25, 0.3) is 0 Å². The van der Waals surface area contributed by atoms with Gasteiger partial charge in [-0.15, -0.1) is 20.4 Å². The van der Waals surface area contributed by atoms with E-state index >= 15 is 0 Å². The maximum Gasteiger partial charge on any atom is 0.176 e. The van der Waals surface area contributed by atoms with Crippen molar-refractivity contribution < 1.29 is 9.47 Å². The van der Waals surface area contributed by atoms with Gasteiger partial charge >= 0.3 is 0 Å². The molecule has 0 aliphatic carbocycles. The molecule has 0 unspecified atom stereocenters. The summed E-state index contributed by atoms with van der Waals surface area (Å²) in [5, 5.41) is 27.0. The van der Waals surface area contributed by atoms with Crippen molar-refractivity contribution in [1.82, 2.24) is 41.2 Å². The minimum absolute atomic E-state index is 0.0113. The number of aromatic amines is 2. The fourth-order valence-corrected chi connectivity index (χ4v) is 1.39. The van der Waals surface area contributed by atoms with Gasteiger partial charge in [0.15, 0.2) is 11.6 Å². The van der Waals surface area contributed by atoms with Crippen molar-refractivity contribution in [3.8, 4) is 0 Å². The van der Waals surface area contributed by atoms with E-state index in [-0.39, 0.29) is 6.10 Å². The number of aromatic nitrogens is 8. The zero-order valence-electron chi connectivity index (χ0n) is 10.6. The molecule has 0 saturated heterocycles. The molecular weight excluding hydrogens is 252 g/mol. The average molecular weight is 268 g/mol. The molecule has 2 heterocycles. The lowest BCUT2D eigenvalue weighted by Gasteiger charge is -2.12. The lowest BCUT2D eigenvalue weighted by atomic mass is 10.4. The van der Waals surface area contributed by atoms with Crippen LogP contribution in [0.2, 0.25) is 0 Å². The molecule has 19 heavy (non-hydrogen) atoms. The van der Waals surface area contributed by atoms with Gasteiger partial charge in [-0.1, -0.05) is 10.4 Å². The van der Waals surface area contributed by atoms with E-state index in [1.165, 1.54) is 0 Å². The lowest BCUT2D eigenvalue weighted by molar-refractivity contribution is -0.00532. The maximum absolute atomic E-state index is 5.56. The monoisotopic (exact) mass is 268 g/mol. The molecule has 2 rings (SSSR count). The summed E-state index contributed by atoms with van der Waals surface area (Å²) in [5.41, 5.74) is 0. The molecule has 0 radical (unpaired) electrons. The molecule has 0 aliphatic heterocycles. The number of hydrogen-bond acceptors (Lipinski definition) is 8. The molecule has 0 aliphatic rings. The second-order valence-electron chi connectivity index (χ2n) is 3.91. The van der Waals surface area contributed by atoms with E-state index in [1.54, 1.807) is 0 Å². The molecule has 10 heteroatoms. The Balaban J connectivity index is 1.48. The first-order valence-corrected chi connectivity index (χ1v) is 5.98. The highest BCUT2D eigenvalue weighted by Crippen LogP contribution is 1.96. The number of tetrazole rings is 2. The molecule has 0 amide bonds. The molecule has 2 N–H and O–H groups in total. The van der Waals surface area contributed by atoms with Crippen LogP contribution in [0.25, 0.3) is 0 Å². The third-order valence-corrected chi connectivity index (χ3v) is 2.33. The van der Waals surface area contributed by atoms with Crippen LogP contribution in [0.1, 0.15) is 18.6 Å². The first-order chi connectivity index (χ1) is 9.34. The lowest BCUT2D eigenvalue weighted by Crippen LogP contribution is -2.18. The largest absolute Gasteiger partial charge is 0.378 e. The van der Waals surface area contributed by atoms with Crippen LogP contribution >= 0.6 is 0 Å². The van der Waals surface area contributed by atoms with Crippen molar-refractivity contribution >= 4 is 0 Å². The van der Waals surface area contributed by atoms with Gasteiger partial charge in [-0.05, 0) is 6.92 Å². The fraction of sp³-hybridized carbons (Fsp3) is 0.778. The minimum atomic E-state index is 0.0113. The summed E-state index contributed by atoms with van der Waals surface area (Å²) >= 11 is 0. The van der Waals surface area contributed by atoms with E-state index < -0.39 is 0 Å². The Morgan fingerprint density at radius 3 is 2.21 bits per heavy atom. The molecule has 0 aromatic carbocycles. The third-order valence-electron chi connectivity index (χ3n) is 2.33. The summed E-state index contributed by atoms with van der Waals surface area (Å²) in [6.45, 7) is 3.54.